The van der Waals surface area contributed by atoms with E-state index in [4.69, 9.17) is 30.3 Å². The molecule has 1 aliphatic carbocycles. The molecular weight excluding hydrogens is 526 g/mol. The Bertz CT molecular complexity index is 1480. The van der Waals surface area contributed by atoms with Gasteiger partial charge in [0.2, 0.25) is 12.1 Å². The summed E-state index contributed by atoms with van der Waals surface area (Å²) < 4.78 is 11.2. The number of nitrogens with one attached hydrogen (secondary N) is 4. The van der Waals surface area contributed by atoms with E-state index >= 15 is 0 Å². The van der Waals surface area contributed by atoms with Gasteiger partial charge in [0, 0.05) is 29.6 Å². The highest BCUT2D eigenvalue weighted by atomic mass is 32.1. The van der Waals surface area contributed by atoms with Crippen LogP contribution in [0.4, 0.5) is 10.7 Å². The molecule has 1 saturated heterocycles. The number of thiazole rings is 1. The van der Waals surface area contributed by atoms with Gasteiger partial charge in [-0.05, 0) is 18.9 Å². The number of amidine groups is 1. The topological polar surface area (TPSA) is 136 Å². The maximum atomic E-state index is 13.1. The fraction of sp³-hybridized carbons (Fsp3) is 0.345. The van der Waals surface area contributed by atoms with Gasteiger partial charge in [-0.1, -0.05) is 61.9 Å². The van der Waals surface area contributed by atoms with Crippen molar-refractivity contribution >= 4 is 45.6 Å². The number of nitrogens with zero attached hydrogens (tertiary/aromatic N) is 3. The fourth-order valence-electron chi connectivity index (χ4n) is 5.10. The third-order valence-corrected chi connectivity index (χ3v) is 8.98. The van der Waals surface area contributed by atoms with E-state index in [1.807, 2.05) is 54.6 Å². The van der Waals surface area contributed by atoms with Crippen LogP contribution in [-0.4, -0.2) is 61.0 Å². The van der Waals surface area contributed by atoms with Gasteiger partial charge in [0.15, 0.2) is 5.69 Å². The number of carbonyl (C=O) groups excluding carboxylic acids is 1. The average Bonchev–Trinajstić information content (AvgIpc) is 3.36. The summed E-state index contributed by atoms with van der Waals surface area (Å²) in [6, 6.07) is 16.6. The van der Waals surface area contributed by atoms with Crippen molar-refractivity contribution in [3.05, 3.63) is 76.4 Å². The molecule has 11 heteroatoms. The van der Waals surface area contributed by atoms with Crippen molar-refractivity contribution in [1.29, 1.82) is 10.8 Å². The predicted octanol–water partition coefficient (Wildman–Crippen LogP) is 4.10. The molecule has 0 radical (unpaired) electrons. The number of benzene rings is 2. The number of morpholine rings is 1. The number of fused-ring (bicyclic) bond motifs is 1. The first kappa shape index (κ1) is 26.1. The lowest BCUT2D eigenvalue weighted by atomic mass is 9.71. The normalized spacial score (nSPS) is 19.8. The highest BCUT2D eigenvalue weighted by molar-refractivity contribution is 7.16. The van der Waals surface area contributed by atoms with Gasteiger partial charge >= 0.3 is 0 Å². The number of ether oxygens (including phenoxy) is 2. The number of amides is 1. The van der Waals surface area contributed by atoms with Crippen LogP contribution in [0.25, 0.3) is 0 Å². The first-order valence-electron chi connectivity index (χ1n) is 13.4. The zero-order valence-electron chi connectivity index (χ0n) is 22.2. The third kappa shape index (κ3) is 5.09. The summed E-state index contributed by atoms with van der Waals surface area (Å²) in [4.78, 5) is 24.9. The summed E-state index contributed by atoms with van der Waals surface area (Å²) >= 11 is 1.60. The first-order valence-corrected chi connectivity index (χ1v) is 14.2. The van der Waals surface area contributed by atoms with Crippen LogP contribution in [0.5, 0.6) is 0 Å². The Morgan fingerprint density at radius 3 is 2.58 bits per heavy atom. The molecule has 2 aliphatic heterocycles. The molecule has 3 aliphatic rings. The summed E-state index contributed by atoms with van der Waals surface area (Å²) in [5, 5.41) is 24.8. The maximum Gasteiger partial charge on any atom is 0.290 e. The number of hydrogen-bond acceptors (Lipinski definition) is 9. The standard InChI is InChI=1S/C29H31N7O3S/c1-29(12-7-13-29)27-34-22(26(40-27)36-14-16-38-17-15-36)23(30)39-28(31)35-24-25(37)32-20-11-6-5-10-19(20)21(33-24)18-8-3-2-4-9-18/h2-6,8-11,24,30H,7,12-17H2,1H3,(H2,31,35)(H,32,37). The molecule has 1 aromatic heterocycles. The van der Waals surface area contributed by atoms with Crippen LogP contribution in [0, 0.1) is 10.8 Å². The van der Waals surface area contributed by atoms with Crippen LogP contribution < -0.4 is 15.5 Å². The zero-order chi connectivity index (χ0) is 27.7. The Balaban J connectivity index is 1.24. The molecule has 1 amide bonds. The molecule has 0 bridgehead atoms. The zero-order valence-corrected chi connectivity index (χ0v) is 23.0. The molecule has 3 aromatic rings. The molecule has 4 N–H and O–H groups in total. The minimum Gasteiger partial charge on any atom is -0.405 e. The Morgan fingerprint density at radius 2 is 1.85 bits per heavy atom. The Morgan fingerprint density at radius 1 is 1.12 bits per heavy atom. The quantitative estimate of drug-likeness (QED) is 0.276. The number of hydrogen-bond donors (Lipinski definition) is 4. The number of aromatic nitrogens is 1. The lowest BCUT2D eigenvalue weighted by molar-refractivity contribution is -0.117. The van der Waals surface area contributed by atoms with Crippen molar-refractivity contribution in [2.24, 2.45) is 4.99 Å². The van der Waals surface area contributed by atoms with E-state index in [2.05, 4.69) is 22.5 Å². The molecule has 206 valence electrons. The molecule has 2 fully saturated rings. The van der Waals surface area contributed by atoms with Crippen LogP contribution in [0.1, 0.15) is 48.0 Å². The molecule has 6 rings (SSSR count). The van der Waals surface area contributed by atoms with Crippen LogP contribution >= 0.6 is 11.3 Å². The maximum absolute atomic E-state index is 13.1. The Kier molecular flexibility index (Phi) is 7.07. The van der Waals surface area contributed by atoms with Crippen LogP contribution in [0.3, 0.4) is 0 Å². The van der Waals surface area contributed by atoms with Gasteiger partial charge in [-0.15, -0.1) is 11.3 Å². The molecule has 40 heavy (non-hydrogen) atoms. The predicted molar refractivity (Wildman–Crippen MR) is 156 cm³/mol. The van der Waals surface area contributed by atoms with Crippen molar-refractivity contribution < 1.29 is 14.3 Å². The SMILES string of the molecule is CC1(c2nc(C(=N)OC(=N)NC3N=C(c4ccccc4)c4ccccc4NC3=O)c(N3CCOCC3)s2)CCC1. The number of rotatable bonds is 5. The van der Waals surface area contributed by atoms with Gasteiger partial charge in [0.1, 0.15) is 10.0 Å². The van der Waals surface area contributed by atoms with Crippen LogP contribution in [0.15, 0.2) is 59.6 Å². The smallest absolute Gasteiger partial charge is 0.290 e. The van der Waals surface area contributed by atoms with Crippen molar-refractivity contribution in [3.63, 3.8) is 0 Å². The number of carbonyl (C=O) groups is 1. The minimum absolute atomic E-state index is 0.00594. The number of anilines is 2. The summed E-state index contributed by atoms with van der Waals surface area (Å²) in [5.74, 6) is -0.671. The molecule has 1 saturated carbocycles. The lowest BCUT2D eigenvalue weighted by Gasteiger charge is -2.36. The lowest BCUT2D eigenvalue weighted by Crippen LogP contribution is -2.43. The number of para-hydroxylation sites is 1. The second kappa shape index (κ2) is 10.8. The first-order chi connectivity index (χ1) is 19.4. The summed E-state index contributed by atoms with van der Waals surface area (Å²) in [6.07, 6.45) is 2.16. The van der Waals surface area contributed by atoms with E-state index in [0.29, 0.717) is 43.4 Å². The minimum atomic E-state index is -1.14. The van der Waals surface area contributed by atoms with E-state index in [1.165, 1.54) is 6.42 Å². The highest BCUT2D eigenvalue weighted by Gasteiger charge is 2.39. The monoisotopic (exact) mass is 557 g/mol. The van der Waals surface area contributed by atoms with Gasteiger partial charge in [-0.3, -0.25) is 15.6 Å². The second-order valence-electron chi connectivity index (χ2n) is 10.4. The second-order valence-corrected chi connectivity index (χ2v) is 11.3. The molecule has 10 nitrogen and oxygen atoms in total. The largest absolute Gasteiger partial charge is 0.405 e. The van der Waals surface area contributed by atoms with Crippen molar-refractivity contribution in [2.75, 3.05) is 36.5 Å². The molecule has 1 unspecified atom stereocenters. The van der Waals surface area contributed by atoms with E-state index in [9.17, 15) is 4.79 Å². The Hall–Kier alpha value is -4.09. The molecule has 0 spiro atoms. The van der Waals surface area contributed by atoms with Crippen molar-refractivity contribution in [1.82, 2.24) is 10.3 Å². The average molecular weight is 558 g/mol. The molecule has 2 aromatic carbocycles. The van der Waals surface area contributed by atoms with E-state index < -0.39 is 18.1 Å². The van der Waals surface area contributed by atoms with Gasteiger partial charge < -0.3 is 25.0 Å². The van der Waals surface area contributed by atoms with Crippen LogP contribution in [0.2, 0.25) is 0 Å². The van der Waals surface area contributed by atoms with Gasteiger partial charge in [0.05, 0.1) is 24.6 Å². The van der Waals surface area contributed by atoms with Crippen LogP contribution in [-0.2, 0) is 19.7 Å². The molecule has 3 heterocycles. The summed E-state index contributed by atoms with van der Waals surface area (Å²) in [6.45, 7) is 4.83. The summed E-state index contributed by atoms with van der Waals surface area (Å²) in [5.41, 5.74) is 3.28. The molecule has 1 atom stereocenters. The van der Waals surface area contributed by atoms with Gasteiger partial charge in [-0.25, -0.2) is 9.98 Å². The molecular formula is C29H31N7O3S. The third-order valence-electron chi connectivity index (χ3n) is 7.56. The van der Waals surface area contributed by atoms with E-state index in [1.54, 1.807) is 11.3 Å². The number of benzodiazepines with no additional fused rings is 1. The van der Waals surface area contributed by atoms with Crippen molar-refractivity contribution in [2.45, 2.75) is 37.8 Å². The fourth-order valence-corrected chi connectivity index (χ4v) is 6.42. The number of aliphatic imine (C=N–C) groups is 1. The van der Waals surface area contributed by atoms with Gasteiger partial charge in [-0.2, -0.15) is 0 Å². The van der Waals surface area contributed by atoms with Crippen molar-refractivity contribution in [3.8, 4) is 0 Å². The Labute approximate surface area is 236 Å². The van der Waals surface area contributed by atoms with E-state index in [-0.39, 0.29) is 11.3 Å². The van der Waals surface area contributed by atoms with E-state index in [0.717, 1.165) is 34.0 Å². The summed E-state index contributed by atoms with van der Waals surface area (Å²) in [7, 11) is 0. The van der Waals surface area contributed by atoms with Gasteiger partial charge in [0.25, 0.3) is 11.9 Å². The highest BCUT2D eigenvalue weighted by Crippen LogP contribution is 2.47.